The lowest BCUT2D eigenvalue weighted by Gasteiger charge is -2.47. The van der Waals surface area contributed by atoms with E-state index in [1.165, 1.54) is 7.05 Å². The van der Waals surface area contributed by atoms with Crippen molar-refractivity contribution in [2.75, 3.05) is 56.6 Å². The van der Waals surface area contributed by atoms with Crippen LogP contribution in [0, 0.1) is 5.82 Å². The Morgan fingerprint density at radius 1 is 1.00 bits per heavy atom. The molecule has 4 aromatic rings. The van der Waals surface area contributed by atoms with E-state index >= 15 is 4.39 Å². The number of carbonyl (C=O) groups is 3. The molecule has 5 aliphatic rings. The fourth-order valence-electron chi connectivity index (χ4n) is 9.96. The maximum absolute atomic E-state index is 16.0. The zero-order chi connectivity index (χ0) is 43.9. The van der Waals surface area contributed by atoms with E-state index in [2.05, 4.69) is 30.7 Å². The molecule has 15 nitrogen and oxygen atoms in total. The molecular weight excluding hydrogens is 829 g/mol. The Balaban J connectivity index is 0.748. The van der Waals surface area contributed by atoms with Gasteiger partial charge in [0.2, 0.25) is 11.9 Å². The second-order valence-electron chi connectivity index (χ2n) is 17.8. The fraction of sp³-hybridized carbons (Fsp3) is 0.522. The van der Waals surface area contributed by atoms with Gasteiger partial charge in [-0.25, -0.2) is 9.37 Å². The highest BCUT2D eigenvalue weighted by Crippen LogP contribution is 2.39. The molecule has 6 heterocycles. The summed E-state index contributed by atoms with van der Waals surface area (Å²) < 4.78 is 29.9. The van der Waals surface area contributed by atoms with Crippen molar-refractivity contribution < 1.29 is 28.2 Å². The number of nitrogens with one attached hydrogen (secondary N) is 3. The quantitative estimate of drug-likeness (QED) is 0.161. The van der Waals surface area contributed by atoms with E-state index in [0.29, 0.717) is 58.2 Å². The second kappa shape index (κ2) is 18.0. The van der Waals surface area contributed by atoms with Crippen LogP contribution in [-0.2, 0) is 20.9 Å². The molecule has 0 spiro atoms. The molecule has 17 heteroatoms. The van der Waals surface area contributed by atoms with E-state index in [1.54, 1.807) is 33.9 Å². The van der Waals surface area contributed by atoms with Crippen molar-refractivity contribution in [2.45, 2.75) is 108 Å². The highest BCUT2D eigenvalue weighted by molar-refractivity contribution is 6.33. The predicted molar refractivity (Wildman–Crippen MR) is 237 cm³/mol. The minimum Gasteiger partial charge on any atom is -0.478 e. The first-order valence-electron chi connectivity index (χ1n) is 22.3. The van der Waals surface area contributed by atoms with E-state index in [9.17, 15) is 19.2 Å². The van der Waals surface area contributed by atoms with Crippen molar-refractivity contribution >= 4 is 57.7 Å². The van der Waals surface area contributed by atoms with Crippen LogP contribution >= 0.6 is 11.6 Å². The van der Waals surface area contributed by atoms with Gasteiger partial charge in [-0.2, -0.15) is 4.98 Å². The summed E-state index contributed by atoms with van der Waals surface area (Å²) in [5, 5.41) is 9.80. The molecule has 3 saturated heterocycles. The Labute approximate surface area is 370 Å². The molecule has 4 aliphatic heterocycles. The van der Waals surface area contributed by atoms with E-state index in [4.69, 9.17) is 26.1 Å². The summed E-state index contributed by atoms with van der Waals surface area (Å²) in [6.07, 6.45) is 8.84. The Morgan fingerprint density at radius 3 is 2.51 bits per heavy atom. The van der Waals surface area contributed by atoms with Crippen LogP contribution in [0.2, 0.25) is 5.02 Å². The number of amides is 3. The topological polar surface area (TPSA) is 163 Å². The first-order chi connectivity index (χ1) is 30.4. The van der Waals surface area contributed by atoms with Gasteiger partial charge in [-0.15, -0.1) is 0 Å². The second-order valence-corrected chi connectivity index (χ2v) is 18.2. The molecule has 2 aromatic heterocycles. The molecule has 9 rings (SSSR count). The van der Waals surface area contributed by atoms with Gasteiger partial charge in [0.15, 0.2) is 18.2 Å². The van der Waals surface area contributed by atoms with E-state index in [-0.39, 0.29) is 72.2 Å². The number of hydrogen-bond donors (Lipinski definition) is 3. The molecule has 3 amide bonds. The molecule has 63 heavy (non-hydrogen) atoms. The van der Waals surface area contributed by atoms with Gasteiger partial charge >= 0.3 is 0 Å². The normalized spacial score (nSPS) is 22.3. The number of hydrogen-bond acceptors (Lipinski definition) is 11. The van der Waals surface area contributed by atoms with E-state index in [0.717, 1.165) is 82.0 Å². The number of likely N-dealkylation sites (N-methyl/N-ethyl adjacent to an activating group) is 1. The summed E-state index contributed by atoms with van der Waals surface area (Å²) in [6, 6.07) is 10.6. The first kappa shape index (κ1) is 43.0. The number of pyridine rings is 1. The lowest BCUT2D eigenvalue weighted by Crippen LogP contribution is -2.52. The minimum atomic E-state index is -0.532. The van der Waals surface area contributed by atoms with Gasteiger partial charge < -0.3 is 44.7 Å². The molecule has 0 radical (unpaired) electrons. The third-order valence-electron chi connectivity index (χ3n) is 13.5. The van der Waals surface area contributed by atoms with Crippen LogP contribution < -0.4 is 31.1 Å². The van der Waals surface area contributed by atoms with Gasteiger partial charge in [0.25, 0.3) is 17.4 Å². The first-order valence-corrected chi connectivity index (χ1v) is 22.7. The average molecular weight is 884 g/mol. The standard InChI is InChI=1S/C46H55ClFN9O6/c1-26(2)57-37-9-6-29(19-28(37)20-39(45(57)61)62-25-40(58)49-3)52-42-36(47)23-51-46(53-42)55-17-12-31(13-18-55)63-32-21-30(22-32)54-15-10-27(11-16-54)33-7-8-34-35(41(33)48)24-56(44(34)60)38-5-4-14-50-43(38)59/h6-9,19-20,23,26-27,30-32,38H,4-5,10-18,21-22,24-25H2,1-3H3,(H,49,58)(H,50,59)(H,51,52,53)/t30-,32-,38?. The molecular formula is C46H55ClFN9O6. The third-order valence-corrected chi connectivity index (χ3v) is 13.8. The fourth-order valence-corrected chi connectivity index (χ4v) is 10.1. The number of ether oxygens (including phenoxy) is 2. The van der Waals surface area contributed by atoms with Gasteiger partial charge in [-0.05, 0) is 120 Å². The highest BCUT2D eigenvalue weighted by atomic mass is 35.5. The van der Waals surface area contributed by atoms with Gasteiger partial charge in [0.05, 0.1) is 30.5 Å². The van der Waals surface area contributed by atoms with Crippen molar-refractivity contribution in [3.63, 3.8) is 0 Å². The van der Waals surface area contributed by atoms with Crippen LogP contribution in [0.15, 0.2) is 47.4 Å². The Morgan fingerprint density at radius 2 is 1.78 bits per heavy atom. The number of carbonyl (C=O) groups excluding carboxylic acids is 3. The van der Waals surface area contributed by atoms with E-state index in [1.807, 2.05) is 32.0 Å². The number of likely N-dealkylation sites (tertiary alicyclic amines) is 1. The Kier molecular flexibility index (Phi) is 12.3. The monoisotopic (exact) mass is 883 g/mol. The summed E-state index contributed by atoms with van der Waals surface area (Å²) in [5.74, 6) is 0.231. The number of nitrogens with zero attached hydrogens (tertiary/aromatic N) is 6. The maximum Gasteiger partial charge on any atom is 0.293 e. The van der Waals surface area contributed by atoms with Crippen LogP contribution in [0.3, 0.4) is 0 Å². The largest absolute Gasteiger partial charge is 0.478 e. The van der Waals surface area contributed by atoms with Gasteiger partial charge in [-0.1, -0.05) is 17.7 Å². The van der Waals surface area contributed by atoms with Crippen molar-refractivity contribution in [1.82, 2.24) is 35.0 Å². The number of anilines is 3. The zero-order valence-corrected chi connectivity index (χ0v) is 36.8. The Bertz CT molecular complexity index is 2460. The maximum atomic E-state index is 16.0. The lowest BCUT2D eigenvalue weighted by atomic mass is 9.83. The molecule has 2 aromatic carbocycles. The molecule has 1 saturated carbocycles. The summed E-state index contributed by atoms with van der Waals surface area (Å²) in [7, 11) is 1.51. The van der Waals surface area contributed by atoms with Gasteiger partial charge in [0.1, 0.15) is 16.9 Å². The van der Waals surface area contributed by atoms with Crippen LogP contribution in [0.1, 0.15) is 98.7 Å². The van der Waals surface area contributed by atoms with Crippen LogP contribution in [-0.4, -0.2) is 113 Å². The van der Waals surface area contributed by atoms with Crippen molar-refractivity contribution in [3.8, 4) is 5.75 Å². The number of fused-ring (bicyclic) bond motifs is 2. The van der Waals surface area contributed by atoms with Gasteiger partial charge in [-0.3, -0.25) is 19.2 Å². The SMILES string of the molecule is CNC(=O)COc1cc2cc(Nc3nc(N4CCC(O[C@H]5C[C@H](N6CCC(c7ccc8c(c7F)CN(C7CCCNC7=O)C8=O)CC6)C5)CC4)ncc3Cl)ccc2n(C(C)C)c1=O. The number of rotatable bonds is 12. The summed E-state index contributed by atoms with van der Waals surface area (Å²) >= 11 is 6.60. The van der Waals surface area contributed by atoms with Crippen LogP contribution in [0.5, 0.6) is 5.75 Å². The zero-order valence-electron chi connectivity index (χ0n) is 36.0. The van der Waals surface area contributed by atoms with E-state index < -0.39 is 6.04 Å². The molecule has 334 valence electrons. The molecule has 3 N–H and O–H groups in total. The smallest absolute Gasteiger partial charge is 0.293 e. The average Bonchev–Trinajstić information content (AvgIpc) is 3.61. The number of halogens is 2. The number of piperidine rings is 3. The molecule has 0 bridgehead atoms. The summed E-state index contributed by atoms with van der Waals surface area (Å²) in [4.78, 5) is 66.3. The van der Waals surface area contributed by atoms with Crippen LogP contribution in [0.4, 0.5) is 21.8 Å². The van der Waals surface area contributed by atoms with Crippen molar-refractivity contribution in [3.05, 3.63) is 80.5 Å². The number of aromatic nitrogens is 3. The van der Waals surface area contributed by atoms with Crippen molar-refractivity contribution in [1.29, 1.82) is 0 Å². The lowest BCUT2D eigenvalue weighted by molar-refractivity contribution is -0.127. The minimum absolute atomic E-state index is 0.0908. The molecule has 1 unspecified atom stereocenters. The number of benzene rings is 2. The summed E-state index contributed by atoms with van der Waals surface area (Å²) in [6.45, 7) is 7.65. The van der Waals surface area contributed by atoms with Crippen LogP contribution in [0.25, 0.3) is 10.9 Å². The van der Waals surface area contributed by atoms with Gasteiger partial charge in [0, 0.05) is 61.0 Å². The molecule has 1 aliphatic carbocycles. The predicted octanol–water partition coefficient (Wildman–Crippen LogP) is 5.66. The molecule has 4 fully saturated rings. The Hall–Kier alpha value is -5.32. The van der Waals surface area contributed by atoms with Crippen molar-refractivity contribution in [2.24, 2.45) is 0 Å². The summed E-state index contributed by atoms with van der Waals surface area (Å²) in [5.41, 5.74) is 2.66. The highest BCUT2D eigenvalue weighted by Gasteiger charge is 2.41. The third kappa shape index (κ3) is 8.69. The molecule has 1 atom stereocenters.